The van der Waals surface area contributed by atoms with Gasteiger partial charge in [0.05, 0.1) is 22.8 Å². The van der Waals surface area contributed by atoms with Crippen LogP contribution in [-0.4, -0.2) is 31.6 Å². The molecule has 0 N–H and O–H groups in total. The first-order chi connectivity index (χ1) is 14.2. The Kier molecular flexibility index (Phi) is 4.64. The van der Waals surface area contributed by atoms with Crippen LogP contribution in [0.4, 0.5) is 0 Å². The number of benzene rings is 1. The summed E-state index contributed by atoms with van der Waals surface area (Å²) in [6.07, 6.45) is 3.93. The fourth-order valence-electron chi connectivity index (χ4n) is 3.70. The Morgan fingerprint density at radius 2 is 2.07 bits per heavy atom. The first kappa shape index (κ1) is 18.1. The minimum absolute atomic E-state index is 0.0685. The Morgan fingerprint density at radius 1 is 1.24 bits per heavy atom. The molecule has 3 heterocycles. The predicted octanol–water partition coefficient (Wildman–Crippen LogP) is 4.98. The third-order valence-electron chi connectivity index (χ3n) is 5.39. The van der Waals surface area contributed by atoms with Crippen molar-refractivity contribution in [1.29, 1.82) is 0 Å². The molecule has 1 aromatic carbocycles. The molecule has 0 unspecified atom stereocenters. The lowest BCUT2D eigenvalue weighted by Crippen LogP contribution is -2.32. The largest absolute Gasteiger partial charge is 0.331 e. The molecule has 0 spiro atoms. The number of aromatic nitrogens is 3. The molecule has 0 atom stereocenters. The molecular formula is C23H22N4OS. The average Bonchev–Trinajstić information content (AvgIpc) is 3.31. The number of nitrogens with zero attached hydrogens (tertiary/aromatic N) is 4. The molecule has 0 radical (unpaired) electrons. The molecule has 1 aliphatic rings. The summed E-state index contributed by atoms with van der Waals surface area (Å²) in [5.41, 5.74) is 4.46. The van der Waals surface area contributed by atoms with E-state index in [4.69, 9.17) is 4.98 Å². The van der Waals surface area contributed by atoms with E-state index >= 15 is 0 Å². The second kappa shape index (κ2) is 7.44. The fraction of sp³-hybridized carbons (Fsp3) is 0.261. The van der Waals surface area contributed by atoms with Crippen LogP contribution >= 0.6 is 11.3 Å². The molecule has 5 nitrogen and oxygen atoms in total. The Morgan fingerprint density at radius 3 is 2.76 bits per heavy atom. The maximum absolute atomic E-state index is 13.7. The Bertz CT molecular complexity index is 1150. The fourth-order valence-corrected chi connectivity index (χ4v) is 4.36. The molecule has 4 aromatic rings. The van der Waals surface area contributed by atoms with Gasteiger partial charge >= 0.3 is 0 Å². The van der Waals surface area contributed by atoms with Crippen LogP contribution in [0, 0.1) is 0 Å². The zero-order valence-electron chi connectivity index (χ0n) is 16.3. The molecule has 0 aliphatic heterocycles. The van der Waals surface area contributed by atoms with Gasteiger partial charge in [-0.1, -0.05) is 30.3 Å². The quantitative estimate of drug-likeness (QED) is 0.457. The zero-order chi connectivity index (χ0) is 19.8. The van der Waals surface area contributed by atoms with Crippen LogP contribution in [0.2, 0.25) is 0 Å². The number of thiophene rings is 1. The summed E-state index contributed by atoms with van der Waals surface area (Å²) in [6.45, 7) is 3.40. The standard InChI is InChI=1S/C23H22N4OS/c1-2-27-22-20(13-24-27)19(12-21(25-22)17-6-4-3-5-7-17)23(28)26(18-8-9-18)14-16-10-11-29-15-16/h3-7,10-13,15,18H,2,8-9,14H2,1H3. The highest BCUT2D eigenvalue weighted by Crippen LogP contribution is 2.33. The van der Waals surface area contributed by atoms with Gasteiger partial charge in [-0.25, -0.2) is 9.67 Å². The monoisotopic (exact) mass is 402 g/mol. The first-order valence-corrected chi connectivity index (χ1v) is 10.9. The van der Waals surface area contributed by atoms with Gasteiger partial charge in [-0.15, -0.1) is 0 Å². The first-order valence-electron chi connectivity index (χ1n) is 9.98. The molecule has 1 saturated carbocycles. The highest BCUT2D eigenvalue weighted by atomic mass is 32.1. The van der Waals surface area contributed by atoms with Crippen LogP contribution in [0.1, 0.15) is 35.7 Å². The molecule has 0 bridgehead atoms. The number of hydrogen-bond acceptors (Lipinski definition) is 4. The number of pyridine rings is 1. The molecule has 1 amide bonds. The van der Waals surface area contributed by atoms with Gasteiger partial charge in [0, 0.05) is 24.7 Å². The molecule has 29 heavy (non-hydrogen) atoms. The van der Waals surface area contributed by atoms with Crippen molar-refractivity contribution in [3.8, 4) is 11.3 Å². The lowest BCUT2D eigenvalue weighted by molar-refractivity contribution is 0.0732. The van der Waals surface area contributed by atoms with E-state index in [1.807, 2.05) is 52.9 Å². The lowest BCUT2D eigenvalue weighted by Gasteiger charge is -2.23. The van der Waals surface area contributed by atoms with Crippen molar-refractivity contribution in [3.63, 3.8) is 0 Å². The van der Waals surface area contributed by atoms with Gasteiger partial charge in [0.15, 0.2) is 5.65 Å². The van der Waals surface area contributed by atoms with Crippen molar-refractivity contribution in [2.45, 2.75) is 38.9 Å². The van der Waals surface area contributed by atoms with E-state index in [1.54, 1.807) is 17.5 Å². The minimum atomic E-state index is 0.0685. The zero-order valence-corrected chi connectivity index (χ0v) is 17.1. The van der Waals surface area contributed by atoms with Gasteiger partial charge in [-0.05, 0) is 48.2 Å². The molecule has 0 saturated heterocycles. The molecule has 3 aromatic heterocycles. The molecule has 5 rings (SSSR count). The maximum Gasteiger partial charge on any atom is 0.255 e. The summed E-state index contributed by atoms with van der Waals surface area (Å²) in [5.74, 6) is 0.0685. The number of amides is 1. The van der Waals surface area contributed by atoms with Gasteiger partial charge in [-0.2, -0.15) is 16.4 Å². The van der Waals surface area contributed by atoms with E-state index in [0.29, 0.717) is 24.7 Å². The normalized spacial score (nSPS) is 13.7. The third kappa shape index (κ3) is 3.44. The second-order valence-electron chi connectivity index (χ2n) is 7.41. The number of carbonyl (C=O) groups excluding carboxylic acids is 1. The number of rotatable bonds is 6. The molecule has 1 aliphatic carbocycles. The van der Waals surface area contributed by atoms with Crippen LogP contribution in [0.25, 0.3) is 22.3 Å². The Balaban J connectivity index is 1.62. The predicted molar refractivity (Wildman–Crippen MR) is 116 cm³/mol. The van der Waals surface area contributed by atoms with E-state index in [9.17, 15) is 4.79 Å². The SMILES string of the molecule is CCn1ncc2c(C(=O)N(Cc3ccsc3)C3CC3)cc(-c3ccccc3)nc21. The highest BCUT2D eigenvalue weighted by Gasteiger charge is 2.34. The number of aryl methyl sites for hydroxylation is 1. The topological polar surface area (TPSA) is 51.0 Å². The van der Waals surface area contributed by atoms with E-state index in [2.05, 4.69) is 21.9 Å². The van der Waals surface area contributed by atoms with Gasteiger partial charge in [0.1, 0.15) is 0 Å². The Labute approximate surface area is 173 Å². The number of hydrogen-bond donors (Lipinski definition) is 0. The van der Waals surface area contributed by atoms with Gasteiger partial charge < -0.3 is 4.90 Å². The van der Waals surface area contributed by atoms with Crippen LogP contribution in [0.3, 0.4) is 0 Å². The lowest BCUT2D eigenvalue weighted by atomic mass is 10.1. The van der Waals surface area contributed by atoms with Crippen LogP contribution in [0.5, 0.6) is 0 Å². The number of fused-ring (bicyclic) bond motifs is 1. The maximum atomic E-state index is 13.7. The van der Waals surface area contributed by atoms with Crippen LogP contribution in [-0.2, 0) is 13.1 Å². The summed E-state index contributed by atoms with van der Waals surface area (Å²) in [5, 5.41) is 9.48. The van der Waals surface area contributed by atoms with Gasteiger partial charge in [-0.3, -0.25) is 4.79 Å². The van der Waals surface area contributed by atoms with E-state index in [0.717, 1.165) is 35.1 Å². The van der Waals surface area contributed by atoms with E-state index in [-0.39, 0.29) is 5.91 Å². The van der Waals surface area contributed by atoms with Crippen molar-refractivity contribution in [2.24, 2.45) is 0 Å². The molecular weight excluding hydrogens is 380 g/mol. The smallest absolute Gasteiger partial charge is 0.255 e. The van der Waals surface area contributed by atoms with Crippen molar-refractivity contribution in [2.75, 3.05) is 0 Å². The van der Waals surface area contributed by atoms with E-state index < -0.39 is 0 Å². The second-order valence-corrected chi connectivity index (χ2v) is 8.19. The van der Waals surface area contributed by atoms with Crippen LogP contribution < -0.4 is 0 Å². The molecule has 1 fully saturated rings. The molecule has 146 valence electrons. The molecule has 6 heteroatoms. The van der Waals surface area contributed by atoms with Crippen molar-refractivity contribution in [1.82, 2.24) is 19.7 Å². The summed E-state index contributed by atoms with van der Waals surface area (Å²) in [7, 11) is 0. The van der Waals surface area contributed by atoms with Crippen LogP contribution in [0.15, 0.2) is 59.4 Å². The summed E-state index contributed by atoms with van der Waals surface area (Å²) >= 11 is 1.67. The number of carbonyl (C=O) groups is 1. The summed E-state index contributed by atoms with van der Waals surface area (Å²) in [6, 6.07) is 14.4. The van der Waals surface area contributed by atoms with Crippen molar-refractivity contribution >= 4 is 28.3 Å². The van der Waals surface area contributed by atoms with Gasteiger partial charge in [0.25, 0.3) is 5.91 Å². The third-order valence-corrected chi connectivity index (χ3v) is 6.12. The summed E-state index contributed by atoms with van der Waals surface area (Å²) in [4.78, 5) is 20.6. The summed E-state index contributed by atoms with van der Waals surface area (Å²) < 4.78 is 1.86. The Hall–Kier alpha value is -2.99. The van der Waals surface area contributed by atoms with Crippen molar-refractivity contribution in [3.05, 3.63) is 70.5 Å². The highest BCUT2D eigenvalue weighted by molar-refractivity contribution is 7.07. The minimum Gasteiger partial charge on any atom is -0.331 e. The van der Waals surface area contributed by atoms with Gasteiger partial charge in [0.2, 0.25) is 0 Å². The average molecular weight is 403 g/mol. The van der Waals surface area contributed by atoms with Crippen molar-refractivity contribution < 1.29 is 4.79 Å². The van der Waals surface area contributed by atoms with E-state index in [1.165, 1.54) is 5.56 Å².